The Morgan fingerprint density at radius 3 is 2.55 bits per heavy atom. The number of amidine groups is 1. The summed E-state index contributed by atoms with van der Waals surface area (Å²) in [6.07, 6.45) is 7.93. The Bertz CT molecular complexity index is 1490. The smallest absolute Gasteiger partial charge is 0.146 e. The van der Waals surface area contributed by atoms with Gasteiger partial charge in [-0.05, 0) is 78.9 Å². The van der Waals surface area contributed by atoms with Crippen LogP contribution in [-0.4, -0.2) is 40.6 Å². The van der Waals surface area contributed by atoms with Gasteiger partial charge in [0, 0.05) is 12.7 Å². The van der Waals surface area contributed by atoms with E-state index < -0.39 is 0 Å². The third-order valence-electron chi connectivity index (χ3n) is 7.11. The number of aryl methyl sites for hydroxylation is 1. The quantitative estimate of drug-likeness (QED) is 0.314. The molecule has 1 unspecified atom stereocenters. The Labute approximate surface area is 222 Å². The summed E-state index contributed by atoms with van der Waals surface area (Å²) in [6.45, 7) is 3.52. The first-order valence-corrected chi connectivity index (χ1v) is 12.9. The molecule has 0 saturated carbocycles. The number of anilines is 1. The fraction of sp³-hybridized carbons (Fsp3) is 0.226. The van der Waals surface area contributed by atoms with Gasteiger partial charge in [-0.25, -0.2) is 9.37 Å². The number of methoxy groups -OCH3 is 1. The maximum absolute atomic E-state index is 13.8. The van der Waals surface area contributed by atoms with Gasteiger partial charge in [0.15, 0.2) is 0 Å². The van der Waals surface area contributed by atoms with E-state index in [-0.39, 0.29) is 11.9 Å². The third kappa shape index (κ3) is 4.67. The Morgan fingerprint density at radius 2 is 1.82 bits per heavy atom. The predicted octanol–water partition coefficient (Wildman–Crippen LogP) is 6.38. The number of rotatable bonds is 5. The molecule has 2 aliphatic heterocycles. The highest BCUT2D eigenvalue weighted by Crippen LogP contribution is 2.35. The monoisotopic (exact) mass is 507 g/mol. The van der Waals surface area contributed by atoms with Crippen LogP contribution in [-0.2, 0) is 0 Å². The normalized spacial score (nSPS) is 18.3. The van der Waals surface area contributed by atoms with Crippen molar-refractivity contribution in [3.05, 3.63) is 114 Å². The molecule has 3 aromatic carbocycles. The van der Waals surface area contributed by atoms with Crippen molar-refractivity contribution in [1.82, 2.24) is 14.6 Å². The van der Waals surface area contributed by atoms with Crippen LogP contribution in [0.1, 0.15) is 35.7 Å². The van der Waals surface area contributed by atoms with Gasteiger partial charge in [-0.3, -0.25) is 15.0 Å². The molecule has 7 heteroatoms. The molecule has 3 heterocycles. The standard InChI is InChI=1S/C31H30FN5O/c1-22-19-35(21-33-22)29-15-10-23(18-30(29)38-2)17-25-9-6-16-36-31(25)34-28(24-7-4-3-5-8-24)20-37(36)27-13-11-26(32)12-14-27/h3-5,7-8,10-15,17-19,21,28H,6,9,16,20H2,1-2H3/b25-17+. The molecule has 2 aliphatic rings. The lowest BCUT2D eigenvalue weighted by atomic mass is 9.98. The Kier molecular flexibility index (Phi) is 6.42. The zero-order chi connectivity index (χ0) is 26.1. The van der Waals surface area contributed by atoms with E-state index in [4.69, 9.17) is 9.73 Å². The zero-order valence-corrected chi connectivity index (χ0v) is 21.6. The van der Waals surface area contributed by atoms with E-state index in [1.807, 2.05) is 35.9 Å². The first kappa shape index (κ1) is 24.0. The number of benzene rings is 3. The first-order chi connectivity index (χ1) is 18.6. The average Bonchev–Trinajstić information content (AvgIpc) is 3.39. The number of hydrogen-bond donors (Lipinski definition) is 0. The van der Waals surface area contributed by atoms with Gasteiger partial charge in [-0.1, -0.05) is 36.4 Å². The molecule has 6 rings (SSSR count). The van der Waals surface area contributed by atoms with E-state index in [9.17, 15) is 4.39 Å². The molecule has 6 nitrogen and oxygen atoms in total. The molecule has 0 aliphatic carbocycles. The lowest BCUT2D eigenvalue weighted by Crippen LogP contribution is -2.54. The van der Waals surface area contributed by atoms with Gasteiger partial charge in [-0.15, -0.1) is 0 Å². The second-order valence-electron chi connectivity index (χ2n) is 9.69. The van der Waals surface area contributed by atoms with Gasteiger partial charge < -0.3 is 9.30 Å². The minimum atomic E-state index is -0.235. The lowest BCUT2D eigenvalue weighted by Gasteiger charge is -2.46. The predicted molar refractivity (Wildman–Crippen MR) is 149 cm³/mol. The molecule has 1 aromatic heterocycles. The van der Waals surface area contributed by atoms with Crippen molar-refractivity contribution in [2.45, 2.75) is 25.8 Å². The van der Waals surface area contributed by atoms with Crippen molar-refractivity contribution >= 4 is 17.6 Å². The molecule has 192 valence electrons. The first-order valence-electron chi connectivity index (χ1n) is 12.9. The molecule has 38 heavy (non-hydrogen) atoms. The average molecular weight is 508 g/mol. The zero-order valence-electron chi connectivity index (χ0n) is 21.6. The highest BCUT2D eigenvalue weighted by atomic mass is 19.1. The van der Waals surface area contributed by atoms with Gasteiger partial charge >= 0.3 is 0 Å². The fourth-order valence-electron chi connectivity index (χ4n) is 5.24. The van der Waals surface area contributed by atoms with E-state index in [1.54, 1.807) is 13.4 Å². The highest BCUT2D eigenvalue weighted by Gasteiger charge is 2.33. The van der Waals surface area contributed by atoms with Crippen molar-refractivity contribution in [2.24, 2.45) is 4.99 Å². The summed E-state index contributed by atoms with van der Waals surface area (Å²) in [5.74, 6) is 1.51. The molecular formula is C31H30FN5O. The number of ether oxygens (including phenoxy) is 1. The molecule has 1 saturated heterocycles. The van der Waals surface area contributed by atoms with Gasteiger partial charge in [0.25, 0.3) is 0 Å². The summed E-state index contributed by atoms with van der Waals surface area (Å²) in [7, 11) is 1.69. The summed E-state index contributed by atoms with van der Waals surface area (Å²) in [5.41, 5.74) is 6.26. The van der Waals surface area contributed by atoms with Crippen LogP contribution in [0.25, 0.3) is 11.8 Å². The minimum absolute atomic E-state index is 0.0320. The van der Waals surface area contributed by atoms with Crippen LogP contribution in [0, 0.1) is 12.7 Å². The lowest BCUT2D eigenvalue weighted by molar-refractivity contribution is 0.328. The van der Waals surface area contributed by atoms with Crippen molar-refractivity contribution in [3.8, 4) is 11.4 Å². The van der Waals surface area contributed by atoms with Crippen molar-refractivity contribution in [2.75, 3.05) is 25.2 Å². The molecule has 1 atom stereocenters. The molecule has 0 radical (unpaired) electrons. The van der Waals surface area contributed by atoms with Crippen LogP contribution < -0.4 is 9.75 Å². The summed E-state index contributed by atoms with van der Waals surface area (Å²) in [6, 6.07) is 23.3. The van der Waals surface area contributed by atoms with Crippen LogP contribution in [0.15, 0.2) is 95.9 Å². The van der Waals surface area contributed by atoms with Crippen molar-refractivity contribution in [1.29, 1.82) is 0 Å². The van der Waals surface area contributed by atoms with Crippen molar-refractivity contribution in [3.63, 3.8) is 0 Å². The van der Waals surface area contributed by atoms with Crippen molar-refractivity contribution < 1.29 is 9.13 Å². The topological polar surface area (TPSA) is 45.9 Å². The number of hydrogen-bond acceptors (Lipinski definition) is 5. The summed E-state index contributed by atoms with van der Waals surface area (Å²) in [4.78, 5) is 9.62. The molecule has 1 fully saturated rings. The molecule has 4 aromatic rings. The Balaban J connectivity index is 1.40. The second-order valence-corrected chi connectivity index (χ2v) is 9.69. The van der Waals surface area contributed by atoms with E-state index in [0.717, 1.165) is 53.6 Å². The molecular weight excluding hydrogens is 477 g/mol. The van der Waals surface area contributed by atoms with Gasteiger partial charge in [0.2, 0.25) is 0 Å². The maximum Gasteiger partial charge on any atom is 0.146 e. The van der Waals surface area contributed by atoms with Gasteiger partial charge in [0.05, 0.1) is 43.1 Å². The molecule has 0 bridgehead atoms. The highest BCUT2D eigenvalue weighted by molar-refractivity contribution is 6.04. The van der Waals surface area contributed by atoms with E-state index in [0.29, 0.717) is 6.54 Å². The SMILES string of the molecule is COc1cc(/C=C2\CCCN3C2=NC(c2ccccc2)CN3c2ccc(F)cc2)ccc1-n1cnc(C)c1. The molecule has 0 N–H and O–H groups in total. The second kappa shape index (κ2) is 10.2. The number of hydrazine groups is 1. The molecule has 0 spiro atoms. The Hall–Kier alpha value is -4.39. The van der Waals surface area contributed by atoms with Crippen LogP contribution in [0.3, 0.4) is 0 Å². The summed E-state index contributed by atoms with van der Waals surface area (Å²) >= 11 is 0. The maximum atomic E-state index is 13.8. The molecule has 0 amide bonds. The minimum Gasteiger partial charge on any atom is -0.495 e. The van der Waals surface area contributed by atoms with Crippen LogP contribution in [0.5, 0.6) is 5.75 Å². The number of aliphatic imine (C=N–C) groups is 1. The number of imidazole rings is 1. The van der Waals surface area contributed by atoms with Crippen LogP contribution in [0.2, 0.25) is 0 Å². The number of halogens is 1. The third-order valence-corrected chi connectivity index (χ3v) is 7.11. The Morgan fingerprint density at radius 1 is 1.00 bits per heavy atom. The van der Waals surface area contributed by atoms with E-state index >= 15 is 0 Å². The van der Waals surface area contributed by atoms with E-state index in [2.05, 4.69) is 63.5 Å². The van der Waals surface area contributed by atoms with Crippen LogP contribution >= 0.6 is 0 Å². The van der Waals surface area contributed by atoms with E-state index in [1.165, 1.54) is 23.3 Å². The number of piperidine rings is 1. The number of nitrogens with zero attached hydrogens (tertiary/aromatic N) is 5. The fourth-order valence-corrected chi connectivity index (χ4v) is 5.24. The van der Waals surface area contributed by atoms with Gasteiger partial charge in [0.1, 0.15) is 17.4 Å². The number of fused-ring (bicyclic) bond motifs is 1. The number of aromatic nitrogens is 2. The summed E-state index contributed by atoms with van der Waals surface area (Å²) < 4.78 is 21.5. The van der Waals surface area contributed by atoms with Gasteiger partial charge in [-0.2, -0.15) is 0 Å². The largest absolute Gasteiger partial charge is 0.495 e. The summed E-state index contributed by atoms with van der Waals surface area (Å²) in [5, 5.41) is 4.50. The van der Waals surface area contributed by atoms with Crippen LogP contribution in [0.4, 0.5) is 10.1 Å².